The molecule has 5 nitrogen and oxygen atoms in total. The number of hydrogen-bond acceptors (Lipinski definition) is 7. The minimum absolute atomic E-state index is 0. The van der Waals surface area contributed by atoms with Crippen LogP contribution in [0, 0.1) is 6.92 Å². The van der Waals surface area contributed by atoms with Crippen LogP contribution in [0.1, 0.15) is 5.01 Å². The van der Waals surface area contributed by atoms with Crippen LogP contribution in [0.4, 0.5) is 0 Å². The molecule has 0 saturated heterocycles. The fourth-order valence-corrected chi connectivity index (χ4v) is 2.46. The van der Waals surface area contributed by atoms with E-state index in [0.717, 1.165) is 32.5 Å². The summed E-state index contributed by atoms with van der Waals surface area (Å²) in [6.07, 6.45) is 0. The van der Waals surface area contributed by atoms with Crippen molar-refractivity contribution in [3.8, 4) is 10.6 Å². The summed E-state index contributed by atoms with van der Waals surface area (Å²) in [7, 11) is 0. The SMILES string of the molecule is Cc1nnc(-c2ccccc2SOO[O-])s1.[Na+]. The van der Waals surface area contributed by atoms with Crippen molar-refractivity contribution in [2.75, 3.05) is 0 Å². The van der Waals surface area contributed by atoms with Crippen LogP contribution in [0.2, 0.25) is 0 Å². The number of aryl methyl sites for hydroxylation is 1. The van der Waals surface area contributed by atoms with Gasteiger partial charge in [0, 0.05) is 10.5 Å². The Hall–Kier alpha value is 0.0100. The molecular weight excluding hydrogens is 271 g/mol. The average Bonchev–Trinajstić information content (AvgIpc) is 2.73. The molecule has 1 aromatic heterocycles. The molecule has 2 rings (SSSR count). The van der Waals surface area contributed by atoms with Gasteiger partial charge in [0.2, 0.25) is 0 Å². The van der Waals surface area contributed by atoms with Gasteiger partial charge in [0.05, 0.1) is 12.0 Å². The third-order valence-electron chi connectivity index (χ3n) is 1.80. The fraction of sp³-hybridized carbons (Fsp3) is 0.111. The Morgan fingerprint density at radius 1 is 1.29 bits per heavy atom. The standard InChI is InChI=1S/C9H8N2O3S2.Na/c1-6-10-11-9(15-6)7-4-2-3-5-8(7)16-14-13-12;/h2-5,12H,1H3;/q;+1/p-1. The Morgan fingerprint density at radius 3 is 2.71 bits per heavy atom. The Balaban J connectivity index is 0.00000144. The van der Waals surface area contributed by atoms with Crippen LogP contribution in [-0.4, -0.2) is 10.2 Å². The summed E-state index contributed by atoms with van der Waals surface area (Å²) in [5, 5.41) is 22.8. The second-order valence-electron chi connectivity index (χ2n) is 2.84. The van der Waals surface area contributed by atoms with Gasteiger partial charge in [0.1, 0.15) is 10.0 Å². The van der Waals surface area contributed by atoms with Gasteiger partial charge in [-0.25, -0.2) is 0 Å². The molecule has 17 heavy (non-hydrogen) atoms. The summed E-state index contributed by atoms with van der Waals surface area (Å²) >= 11 is 2.33. The molecular formula is C9H7N2NaO3S2. The van der Waals surface area contributed by atoms with E-state index < -0.39 is 0 Å². The minimum atomic E-state index is 0. The molecule has 0 aliphatic heterocycles. The third kappa shape index (κ3) is 4.01. The van der Waals surface area contributed by atoms with Crippen LogP contribution in [0.25, 0.3) is 10.6 Å². The van der Waals surface area contributed by atoms with Crippen LogP contribution in [-0.2, 0) is 9.37 Å². The van der Waals surface area contributed by atoms with Gasteiger partial charge in [-0.15, -0.1) is 10.2 Å². The number of aromatic nitrogens is 2. The first-order chi connectivity index (χ1) is 7.81. The maximum atomic E-state index is 9.79. The second-order valence-corrected chi connectivity index (χ2v) is 4.77. The summed E-state index contributed by atoms with van der Waals surface area (Å²) in [5.74, 6) is 0. The topological polar surface area (TPSA) is 67.3 Å². The third-order valence-corrected chi connectivity index (χ3v) is 3.33. The Labute approximate surface area is 129 Å². The van der Waals surface area contributed by atoms with Crippen LogP contribution in [0.3, 0.4) is 0 Å². The smallest absolute Gasteiger partial charge is 0.691 e. The monoisotopic (exact) mass is 278 g/mol. The molecule has 1 heterocycles. The van der Waals surface area contributed by atoms with Gasteiger partial charge < -0.3 is 5.26 Å². The summed E-state index contributed by atoms with van der Waals surface area (Å²) in [5.41, 5.74) is 0.871. The molecule has 8 heteroatoms. The van der Waals surface area contributed by atoms with Crippen molar-refractivity contribution in [3.63, 3.8) is 0 Å². The van der Waals surface area contributed by atoms with E-state index in [1.165, 1.54) is 11.3 Å². The van der Waals surface area contributed by atoms with Crippen molar-refractivity contribution >= 4 is 23.4 Å². The number of nitrogens with zero attached hydrogens (tertiary/aromatic N) is 2. The van der Waals surface area contributed by atoms with E-state index >= 15 is 0 Å². The van der Waals surface area contributed by atoms with Gasteiger partial charge in [-0.2, -0.15) is 4.33 Å². The summed E-state index contributed by atoms with van der Waals surface area (Å²) in [6, 6.07) is 7.42. The molecule has 0 aliphatic carbocycles. The Kier molecular flexibility index (Phi) is 6.60. The van der Waals surface area contributed by atoms with E-state index in [-0.39, 0.29) is 29.6 Å². The van der Waals surface area contributed by atoms with Gasteiger partial charge in [-0.3, -0.25) is 5.04 Å². The molecule has 0 spiro atoms. The van der Waals surface area contributed by atoms with E-state index in [1.54, 1.807) is 0 Å². The van der Waals surface area contributed by atoms with Crippen LogP contribution >= 0.6 is 23.4 Å². The maximum Gasteiger partial charge on any atom is 1.00 e. The molecule has 0 saturated carbocycles. The van der Waals surface area contributed by atoms with E-state index in [2.05, 4.69) is 19.6 Å². The quantitative estimate of drug-likeness (QED) is 0.301. The van der Waals surface area contributed by atoms with Gasteiger partial charge in [0.25, 0.3) is 0 Å². The summed E-state index contributed by atoms with van der Waals surface area (Å²) in [4.78, 5) is 0.759. The predicted molar refractivity (Wildman–Crippen MR) is 58.1 cm³/mol. The molecule has 0 amide bonds. The van der Waals surface area contributed by atoms with Crippen molar-refractivity contribution in [2.24, 2.45) is 0 Å². The van der Waals surface area contributed by atoms with Crippen molar-refractivity contribution in [3.05, 3.63) is 29.3 Å². The molecule has 0 aliphatic rings. The first-order valence-corrected chi connectivity index (χ1v) is 5.90. The van der Waals surface area contributed by atoms with E-state index in [0.29, 0.717) is 0 Å². The van der Waals surface area contributed by atoms with Gasteiger partial charge >= 0.3 is 29.6 Å². The van der Waals surface area contributed by atoms with Crippen molar-refractivity contribution in [2.45, 2.75) is 11.8 Å². The zero-order valence-electron chi connectivity index (χ0n) is 9.25. The molecule has 0 unspecified atom stereocenters. The summed E-state index contributed by atoms with van der Waals surface area (Å²) in [6.45, 7) is 1.88. The number of hydrogen-bond donors (Lipinski definition) is 0. The van der Waals surface area contributed by atoms with Crippen molar-refractivity contribution in [1.29, 1.82) is 0 Å². The first kappa shape index (κ1) is 15.1. The van der Waals surface area contributed by atoms with Crippen LogP contribution in [0.15, 0.2) is 29.2 Å². The number of rotatable bonds is 4. The Bertz CT molecular complexity index is 481. The van der Waals surface area contributed by atoms with Crippen molar-refractivity contribution < 1.29 is 44.2 Å². The normalized spacial score (nSPS) is 10.0. The minimum Gasteiger partial charge on any atom is -0.691 e. The zero-order chi connectivity index (χ0) is 11.4. The maximum absolute atomic E-state index is 9.79. The molecule has 0 fully saturated rings. The van der Waals surface area contributed by atoms with Gasteiger partial charge in [-0.05, 0) is 13.0 Å². The van der Waals surface area contributed by atoms with Crippen LogP contribution in [0.5, 0.6) is 0 Å². The summed E-state index contributed by atoms with van der Waals surface area (Å²) < 4.78 is 4.31. The molecule has 0 bridgehead atoms. The molecule has 0 atom stereocenters. The predicted octanol–water partition coefficient (Wildman–Crippen LogP) is -1.25. The van der Waals surface area contributed by atoms with E-state index in [9.17, 15) is 5.26 Å². The fourth-order valence-electron chi connectivity index (χ4n) is 1.17. The Morgan fingerprint density at radius 2 is 2.06 bits per heavy atom. The largest absolute Gasteiger partial charge is 1.00 e. The average molecular weight is 278 g/mol. The first-order valence-electron chi connectivity index (χ1n) is 4.34. The molecule has 0 radical (unpaired) electrons. The van der Waals surface area contributed by atoms with E-state index in [1.807, 2.05) is 31.2 Å². The zero-order valence-corrected chi connectivity index (χ0v) is 12.9. The molecule has 84 valence electrons. The molecule has 1 aromatic carbocycles. The number of benzene rings is 1. The van der Waals surface area contributed by atoms with Crippen molar-refractivity contribution in [1.82, 2.24) is 10.2 Å². The van der Waals surface area contributed by atoms with E-state index in [4.69, 9.17) is 0 Å². The van der Waals surface area contributed by atoms with Gasteiger partial charge in [0.15, 0.2) is 0 Å². The molecule has 2 aromatic rings. The van der Waals surface area contributed by atoms with Crippen LogP contribution < -0.4 is 34.8 Å². The van der Waals surface area contributed by atoms with Gasteiger partial charge in [-0.1, -0.05) is 29.5 Å². The molecule has 0 N–H and O–H groups in total. The second kappa shape index (κ2) is 7.45.